The minimum Gasteiger partial charge on any atom is -0.484 e. The second-order valence-corrected chi connectivity index (χ2v) is 6.93. The number of ether oxygens (including phenoxy) is 3. The monoisotopic (exact) mass is 384 g/mol. The number of nitro groups is 1. The number of nitrogens with one attached hydrogen (secondary N) is 1. The summed E-state index contributed by atoms with van der Waals surface area (Å²) in [5.74, 6) is 0.632. The third kappa shape index (κ3) is 3.85. The van der Waals surface area contributed by atoms with E-state index in [4.69, 9.17) is 14.2 Å². The predicted octanol–water partition coefficient (Wildman–Crippen LogP) is 4.04. The number of rotatable bonds is 5. The molecule has 4 rings (SSSR count). The molecule has 0 radical (unpaired) electrons. The van der Waals surface area contributed by atoms with Gasteiger partial charge < -0.3 is 19.5 Å². The molecule has 2 aromatic carbocycles. The van der Waals surface area contributed by atoms with Crippen LogP contribution < -0.4 is 19.5 Å². The van der Waals surface area contributed by atoms with E-state index in [9.17, 15) is 14.9 Å². The van der Waals surface area contributed by atoms with Crippen LogP contribution in [0.5, 0.6) is 17.2 Å². The molecule has 1 N–H and O–H groups in total. The highest BCUT2D eigenvalue weighted by Crippen LogP contribution is 2.46. The fourth-order valence-electron chi connectivity index (χ4n) is 3.50. The number of nitro benzene ring substituents is 1. The van der Waals surface area contributed by atoms with Gasteiger partial charge in [-0.2, -0.15) is 0 Å². The van der Waals surface area contributed by atoms with E-state index >= 15 is 0 Å². The van der Waals surface area contributed by atoms with Crippen LogP contribution >= 0.6 is 0 Å². The molecule has 1 aliphatic carbocycles. The van der Waals surface area contributed by atoms with Gasteiger partial charge in [0.1, 0.15) is 5.75 Å². The van der Waals surface area contributed by atoms with Gasteiger partial charge in [-0.05, 0) is 31.0 Å². The first-order valence-electron chi connectivity index (χ1n) is 9.22. The molecule has 1 amide bonds. The lowest BCUT2D eigenvalue weighted by molar-refractivity contribution is -0.384. The number of non-ortho nitro benzene ring substituents is 1. The van der Waals surface area contributed by atoms with Crippen molar-refractivity contribution in [1.82, 2.24) is 0 Å². The molecule has 8 nitrogen and oxygen atoms in total. The van der Waals surface area contributed by atoms with Crippen molar-refractivity contribution in [3.8, 4) is 17.2 Å². The molecule has 1 spiro atoms. The van der Waals surface area contributed by atoms with E-state index in [2.05, 4.69) is 5.32 Å². The Kier molecular flexibility index (Phi) is 4.77. The van der Waals surface area contributed by atoms with Crippen molar-refractivity contribution >= 4 is 17.3 Å². The van der Waals surface area contributed by atoms with Gasteiger partial charge in [0.2, 0.25) is 0 Å². The minimum atomic E-state index is -0.561. The van der Waals surface area contributed by atoms with Crippen LogP contribution in [0, 0.1) is 10.1 Å². The summed E-state index contributed by atoms with van der Waals surface area (Å²) in [6.45, 7) is -0.264. The van der Waals surface area contributed by atoms with Crippen molar-refractivity contribution in [2.45, 2.75) is 37.9 Å². The highest BCUT2D eigenvalue weighted by molar-refractivity contribution is 5.92. The van der Waals surface area contributed by atoms with E-state index in [0.717, 1.165) is 25.7 Å². The number of anilines is 1. The SMILES string of the molecule is O=C(COc1cccc([N+](=O)[O-])c1)Nc1ccc2c(c1)OC1(CCCCC1)O2. The van der Waals surface area contributed by atoms with Crippen LogP contribution in [0.1, 0.15) is 32.1 Å². The van der Waals surface area contributed by atoms with Crippen LogP contribution in [0.3, 0.4) is 0 Å². The van der Waals surface area contributed by atoms with Gasteiger partial charge in [-0.1, -0.05) is 12.5 Å². The Balaban J connectivity index is 1.35. The van der Waals surface area contributed by atoms with E-state index in [1.54, 1.807) is 24.3 Å². The highest BCUT2D eigenvalue weighted by Gasteiger charge is 2.42. The van der Waals surface area contributed by atoms with Crippen LogP contribution in [0.15, 0.2) is 42.5 Å². The lowest BCUT2D eigenvalue weighted by atomic mass is 9.94. The van der Waals surface area contributed by atoms with Crippen LogP contribution in [0.25, 0.3) is 0 Å². The second-order valence-electron chi connectivity index (χ2n) is 6.93. The number of nitrogens with zero attached hydrogens (tertiary/aromatic N) is 1. The smallest absolute Gasteiger partial charge is 0.273 e. The van der Waals surface area contributed by atoms with Crippen molar-refractivity contribution in [1.29, 1.82) is 0 Å². The summed E-state index contributed by atoms with van der Waals surface area (Å²) in [6, 6.07) is 11.0. The van der Waals surface area contributed by atoms with Crippen molar-refractivity contribution in [3.63, 3.8) is 0 Å². The van der Waals surface area contributed by atoms with Crippen molar-refractivity contribution in [2.75, 3.05) is 11.9 Å². The molecule has 0 bridgehead atoms. The van der Waals surface area contributed by atoms with Crippen molar-refractivity contribution in [2.24, 2.45) is 0 Å². The second kappa shape index (κ2) is 7.38. The zero-order chi connectivity index (χ0) is 19.6. The average Bonchev–Trinajstić information content (AvgIpc) is 3.03. The van der Waals surface area contributed by atoms with Gasteiger partial charge in [0, 0.05) is 30.7 Å². The molecule has 146 valence electrons. The van der Waals surface area contributed by atoms with E-state index in [1.807, 2.05) is 0 Å². The van der Waals surface area contributed by atoms with E-state index in [0.29, 0.717) is 17.2 Å². The number of fused-ring (bicyclic) bond motifs is 1. The number of hydrogen-bond donors (Lipinski definition) is 1. The van der Waals surface area contributed by atoms with Crippen LogP contribution in [-0.4, -0.2) is 23.2 Å². The summed E-state index contributed by atoms with van der Waals surface area (Å²) in [5, 5.41) is 13.5. The summed E-state index contributed by atoms with van der Waals surface area (Å²) in [4.78, 5) is 22.4. The van der Waals surface area contributed by atoms with Gasteiger partial charge >= 0.3 is 0 Å². The van der Waals surface area contributed by atoms with E-state index < -0.39 is 10.7 Å². The Bertz CT molecular complexity index is 907. The zero-order valence-electron chi connectivity index (χ0n) is 15.2. The first-order valence-corrected chi connectivity index (χ1v) is 9.22. The molecule has 28 heavy (non-hydrogen) atoms. The van der Waals surface area contributed by atoms with Gasteiger partial charge in [0.15, 0.2) is 18.1 Å². The fourth-order valence-corrected chi connectivity index (χ4v) is 3.50. The number of carbonyl (C=O) groups excluding carboxylic acids is 1. The highest BCUT2D eigenvalue weighted by atomic mass is 16.7. The molecule has 2 aliphatic rings. The van der Waals surface area contributed by atoms with E-state index in [1.165, 1.54) is 24.6 Å². The molecule has 0 saturated heterocycles. The van der Waals surface area contributed by atoms with Crippen molar-refractivity contribution < 1.29 is 23.9 Å². The minimum absolute atomic E-state index is 0.0923. The van der Waals surface area contributed by atoms with Gasteiger partial charge in [-0.25, -0.2) is 0 Å². The third-order valence-electron chi connectivity index (χ3n) is 4.83. The average molecular weight is 384 g/mol. The molecular formula is C20H20N2O6. The Labute approximate surface area is 161 Å². The van der Waals surface area contributed by atoms with Gasteiger partial charge in [0.25, 0.3) is 17.4 Å². The number of hydrogen-bond acceptors (Lipinski definition) is 6. The summed E-state index contributed by atoms with van der Waals surface area (Å²) in [5.41, 5.74) is 0.480. The molecule has 0 unspecified atom stereocenters. The summed E-state index contributed by atoms with van der Waals surface area (Å²) in [6.07, 6.45) is 5.07. The molecular weight excluding hydrogens is 364 g/mol. The summed E-state index contributed by atoms with van der Waals surface area (Å²) < 4.78 is 17.4. The predicted molar refractivity (Wildman–Crippen MR) is 101 cm³/mol. The lowest BCUT2D eigenvalue weighted by Gasteiger charge is -2.31. The summed E-state index contributed by atoms with van der Waals surface area (Å²) >= 11 is 0. The van der Waals surface area contributed by atoms with E-state index in [-0.39, 0.29) is 24.0 Å². The molecule has 1 aliphatic heterocycles. The van der Waals surface area contributed by atoms with Crippen molar-refractivity contribution in [3.05, 3.63) is 52.6 Å². The van der Waals surface area contributed by atoms with Gasteiger partial charge in [-0.15, -0.1) is 0 Å². The number of benzene rings is 2. The quantitative estimate of drug-likeness (QED) is 0.617. The molecule has 1 saturated carbocycles. The molecule has 1 fully saturated rings. The Morgan fingerprint density at radius 3 is 2.68 bits per heavy atom. The molecule has 0 aromatic heterocycles. The Morgan fingerprint density at radius 1 is 1.11 bits per heavy atom. The maximum absolute atomic E-state index is 12.2. The fraction of sp³-hybridized carbons (Fsp3) is 0.350. The maximum Gasteiger partial charge on any atom is 0.273 e. The Morgan fingerprint density at radius 2 is 1.89 bits per heavy atom. The van der Waals surface area contributed by atoms with Crippen LogP contribution in [0.4, 0.5) is 11.4 Å². The first kappa shape index (κ1) is 18.1. The van der Waals surface area contributed by atoms with Gasteiger partial charge in [0.05, 0.1) is 11.0 Å². The van der Waals surface area contributed by atoms with Crippen LogP contribution in [-0.2, 0) is 4.79 Å². The number of carbonyl (C=O) groups is 1. The van der Waals surface area contributed by atoms with Crippen LogP contribution in [0.2, 0.25) is 0 Å². The standard InChI is InChI=1S/C20H20N2O6/c23-19(13-26-16-6-4-5-15(12-16)22(24)25)21-14-7-8-17-18(11-14)28-20(27-17)9-2-1-3-10-20/h4-8,11-12H,1-3,9-10,13H2,(H,21,23). The topological polar surface area (TPSA) is 99.9 Å². The lowest BCUT2D eigenvalue weighted by Crippen LogP contribution is -2.40. The summed E-state index contributed by atoms with van der Waals surface area (Å²) in [7, 11) is 0. The molecule has 0 atom stereocenters. The molecule has 2 aromatic rings. The number of amides is 1. The normalized spacial score (nSPS) is 16.6. The zero-order valence-corrected chi connectivity index (χ0v) is 15.2. The maximum atomic E-state index is 12.2. The first-order chi connectivity index (χ1) is 13.5. The molecule has 1 heterocycles. The third-order valence-corrected chi connectivity index (χ3v) is 4.83. The molecule has 8 heteroatoms. The largest absolute Gasteiger partial charge is 0.484 e. The Hall–Kier alpha value is -3.29. The van der Waals surface area contributed by atoms with Gasteiger partial charge in [-0.3, -0.25) is 14.9 Å².